The zero-order chi connectivity index (χ0) is 8.27. The van der Waals surface area contributed by atoms with Crippen LogP contribution in [-0.2, 0) is 0 Å². The second-order valence-electron chi connectivity index (χ2n) is 1.77. The van der Waals surface area contributed by atoms with E-state index in [9.17, 15) is 0 Å². The molecule has 1 rings (SSSR count). The summed E-state index contributed by atoms with van der Waals surface area (Å²) >= 11 is 10.1. The molecule has 0 amide bonds. The molecule has 1 nitrogen and oxygen atoms in total. The van der Waals surface area contributed by atoms with Gasteiger partial charge in [-0.1, -0.05) is 27.5 Å². The number of thiocyanates is 1. The summed E-state index contributed by atoms with van der Waals surface area (Å²) in [7, 11) is 0. The van der Waals surface area contributed by atoms with Crippen molar-refractivity contribution in [2.75, 3.05) is 0 Å². The van der Waals surface area contributed by atoms with Gasteiger partial charge in [0.15, 0.2) is 0 Å². The molecule has 1 aromatic carbocycles. The fourth-order valence-corrected chi connectivity index (χ4v) is 1.79. The highest BCUT2D eigenvalue weighted by atomic mass is 79.9. The van der Waals surface area contributed by atoms with E-state index in [1.54, 1.807) is 12.1 Å². The van der Waals surface area contributed by atoms with Crippen molar-refractivity contribution in [3.8, 4) is 5.40 Å². The first-order chi connectivity index (χ1) is 5.24. The Bertz CT molecular complexity index is 308. The molecule has 0 saturated heterocycles. The fourth-order valence-electron chi connectivity index (χ4n) is 0.607. The van der Waals surface area contributed by atoms with Gasteiger partial charge in [0.1, 0.15) is 5.40 Å². The predicted molar refractivity (Wildman–Crippen MR) is 50.6 cm³/mol. The fraction of sp³-hybridized carbons (Fsp3) is 0. The second-order valence-corrected chi connectivity index (χ2v) is 3.92. The minimum absolute atomic E-state index is 0.603. The Balaban J connectivity index is 3.01. The first-order valence-electron chi connectivity index (χ1n) is 2.75. The lowest BCUT2D eigenvalue weighted by Gasteiger charge is -1.96. The molecule has 11 heavy (non-hydrogen) atoms. The van der Waals surface area contributed by atoms with Crippen LogP contribution in [0.2, 0.25) is 5.02 Å². The smallest absolute Gasteiger partial charge is 0.138 e. The van der Waals surface area contributed by atoms with Crippen molar-refractivity contribution in [2.24, 2.45) is 0 Å². The van der Waals surface area contributed by atoms with Crippen LogP contribution >= 0.6 is 39.3 Å². The van der Waals surface area contributed by atoms with Crippen LogP contribution < -0.4 is 0 Å². The molecular formula is C7H3BrClNS. The third-order valence-electron chi connectivity index (χ3n) is 1.05. The van der Waals surface area contributed by atoms with Crippen molar-refractivity contribution in [1.29, 1.82) is 5.26 Å². The number of hydrogen-bond donors (Lipinski definition) is 0. The zero-order valence-corrected chi connectivity index (χ0v) is 8.50. The van der Waals surface area contributed by atoms with E-state index in [-0.39, 0.29) is 0 Å². The summed E-state index contributed by atoms with van der Waals surface area (Å²) in [5.74, 6) is 0. The summed E-state index contributed by atoms with van der Waals surface area (Å²) < 4.78 is 0.921. The van der Waals surface area contributed by atoms with E-state index >= 15 is 0 Å². The normalized spacial score (nSPS) is 9.18. The monoisotopic (exact) mass is 247 g/mol. The SMILES string of the molecule is N#CSc1ccc(Br)cc1Cl. The molecule has 0 aliphatic carbocycles. The lowest BCUT2D eigenvalue weighted by molar-refractivity contribution is 1.44. The van der Waals surface area contributed by atoms with Gasteiger partial charge in [-0.15, -0.1) is 0 Å². The predicted octanol–water partition coefficient (Wildman–Crippen LogP) is 3.68. The molecule has 0 fully saturated rings. The Kier molecular flexibility index (Phi) is 3.25. The van der Waals surface area contributed by atoms with Crippen LogP contribution in [0.1, 0.15) is 0 Å². The molecule has 0 heterocycles. The Morgan fingerprint density at radius 3 is 2.82 bits per heavy atom. The molecular weight excluding hydrogens is 246 g/mol. The van der Waals surface area contributed by atoms with Gasteiger partial charge < -0.3 is 0 Å². The van der Waals surface area contributed by atoms with E-state index in [0.717, 1.165) is 21.1 Å². The van der Waals surface area contributed by atoms with Crippen molar-refractivity contribution < 1.29 is 0 Å². The lowest BCUT2D eigenvalue weighted by atomic mass is 10.4. The topological polar surface area (TPSA) is 23.8 Å². The van der Waals surface area contributed by atoms with Gasteiger partial charge in [0.05, 0.1) is 5.02 Å². The summed E-state index contributed by atoms with van der Waals surface area (Å²) in [6, 6.07) is 5.42. The summed E-state index contributed by atoms with van der Waals surface area (Å²) in [4.78, 5) is 0.789. The molecule has 0 aliphatic rings. The maximum atomic E-state index is 8.36. The molecule has 0 aromatic heterocycles. The molecule has 0 saturated carbocycles. The molecule has 0 bridgehead atoms. The van der Waals surface area contributed by atoms with Crippen molar-refractivity contribution in [2.45, 2.75) is 4.90 Å². The summed E-state index contributed by atoms with van der Waals surface area (Å²) in [6.45, 7) is 0. The van der Waals surface area contributed by atoms with Crippen LogP contribution in [0.5, 0.6) is 0 Å². The van der Waals surface area contributed by atoms with Crippen molar-refractivity contribution in [3.63, 3.8) is 0 Å². The number of thioether (sulfide) groups is 1. The van der Waals surface area contributed by atoms with Gasteiger partial charge in [0.25, 0.3) is 0 Å². The largest absolute Gasteiger partial charge is 0.185 e. The van der Waals surface area contributed by atoms with Crippen molar-refractivity contribution >= 4 is 39.3 Å². The minimum atomic E-state index is 0.603. The Hall–Kier alpha value is -0.170. The Labute approximate surface area is 82.5 Å². The number of hydrogen-bond acceptors (Lipinski definition) is 2. The highest BCUT2D eigenvalue weighted by Crippen LogP contribution is 2.28. The molecule has 0 radical (unpaired) electrons. The third-order valence-corrected chi connectivity index (χ3v) is 2.63. The van der Waals surface area contributed by atoms with Gasteiger partial charge in [0, 0.05) is 9.37 Å². The Morgan fingerprint density at radius 2 is 2.27 bits per heavy atom. The summed E-state index contributed by atoms with van der Waals surface area (Å²) in [6.07, 6.45) is 0. The zero-order valence-electron chi connectivity index (χ0n) is 5.34. The lowest BCUT2D eigenvalue weighted by Crippen LogP contribution is -1.71. The van der Waals surface area contributed by atoms with E-state index in [0.29, 0.717) is 5.02 Å². The van der Waals surface area contributed by atoms with Crippen LogP contribution in [-0.4, -0.2) is 0 Å². The summed E-state index contributed by atoms with van der Waals surface area (Å²) in [5, 5.41) is 10.9. The van der Waals surface area contributed by atoms with Crippen molar-refractivity contribution in [3.05, 3.63) is 27.7 Å². The van der Waals surface area contributed by atoms with E-state index in [2.05, 4.69) is 15.9 Å². The van der Waals surface area contributed by atoms with Crippen LogP contribution in [0.4, 0.5) is 0 Å². The highest BCUT2D eigenvalue weighted by Gasteiger charge is 1.99. The maximum Gasteiger partial charge on any atom is 0.138 e. The number of rotatable bonds is 1. The first kappa shape index (κ1) is 8.92. The van der Waals surface area contributed by atoms with Gasteiger partial charge in [-0.3, -0.25) is 0 Å². The number of halogens is 2. The molecule has 0 N–H and O–H groups in total. The summed E-state index contributed by atoms with van der Waals surface area (Å²) in [5.41, 5.74) is 0. The molecule has 1 aromatic rings. The average Bonchev–Trinajstić information content (AvgIpc) is 1.95. The van der Waals surface area contributed by atoms with Gasteiger partial charge >= 0.3 is 0 Å². The third kappa shape index (κ3) is 2.41. The van der Waals surface area contributed by atoms with E-state index in [4.69, 9.17) is 16.9 Å². The van der Waals surface area contributed by atoms with Gasteiger partial charge in [-0.2, -0.15) is 5.26 Å². The van der Waals surface area contributed by atoms with E-state index in [1.807, 2.05) is 11.5 Å². The minimum Gasteiger partial charge on any atom is -0.185 e. The molecule has 0 spiro atoms. The first-order valence-corrected chi connectivity index (χ1v) is 4.74. The Morgan fingerprint density at radius 1 is 1.55 bits per heavy atom. The number of nitriles is 1. The maximum absolute atomic E-state index is 8.36. The average molecular weight is 249 g/mol. The van der Waals surface area contributed by atoms with Crippen LogP contribution in [0.3, 0.4) is 0 Å². The van der Waals surface area contributed by atoms with Gasteiger partial charge in [-0.05, 0) is 30.0 Å². The van der Waals surface area contributed by atoms with Crippen LogP contribution in [0, 0.1) is 10.7 Å². The van der Waals surface area contributed by atoms with Gasteiger partial charge in [0.2, 0.25) is 0 Å². The quantitative estimate of drug-likeness (QED) is 0.559. The van der Waals surface area contributed by atoms with E-state index in [1.165, 1.54) is 0 Å². The number of nitrogens with zero attached hydrogens (tertiary/aromatic N) is 1. The highest BCUT2D eigenvalue weighted by molar-refractivity contribution is 9.10. The van der Waals surface area contributed by atoms with E-state index < -0.39 is 0 Å². The standard InChI is InChI=1S/C7H3BrClNS/c8-5-1-2-7(11-4-10)6(9)3-5/h1-3H. The second kappa shape index (κ2) is 4.01. The van der Waals surface area contributed by atoms with Crippen LogP contribution in [0.25, 0.3) is 0 Å². The molecule has 56 valence electrons. The molecule has 0 unspecified atom stereocenters. The molecule has 0 aliphatic heterocycles. The number of benzene rings is 1. The molecule has 4 heteroatoms. The van der Waals surface area contributed by atoms with Gasteiger partial charge in [-0.25, -0.2) is 0 Å². The molecule has 0 atom stereocenters. The van der Waals surface area contributed by atoms with Crippen molar-refractivity contribution in [1.82, 2.24) is 0 Å². The van der Waals surface area contributed by atoms with Crippen LogP contribution in [0.15, 0.2) is 27.6 Å².